The van der Waals surface area contributed by atoms with Gasteiger partial charge in [0, 0.05) is 19.6 Å². The summed E-state index contributed by atoms with van der Waals surface area (Å²) in [6, 6.07) is 0. The first-order chi connectivity index (χ1) is 8.97. The molecule has 0 aromatic carbocycles. The molecule has 0 spiro atoms. The zero-order valence-electron chi connectivity index (χ0n) is 10.7. The standard InChI is InChI=1S/C6H13NO4.C4H9NO3/c8-3-1-7(2-4-9)5-6(10)11;6-2-1-5-3-4(7)8/h8-9H,1-5H2,(H,10,11);5-6H,1-3H2,(H,7,8). The summed E-state index contributed by atoms with van der Waals surface area (Å²) in [4.78, 5) is 21.3. The lowest BCUT2D eigenvalue weighted by molar-refractivity contribution is -0.138. The predicted octanol–water partition coefficient (Wildman–Crippen LogP) is -2.99. The first-order valence-electron chi connectivity index (χ1n) is 5.67. The zero-order valence-corrected chi connectivity index (χ0v) is 10.7. The average molecular weight is 282 g/mol. The van der Waals surface area contributed by atoms with Gasteiger partial charge in [-0.05, 0) is 0 Å². The van der Waals surface area contributed by atoms with Crippen molar-refractivity contribution in [2.24, 2.45) is 0 Å². The van der Waals surface area contributed by atoms with Crippen LogP contribution in [0.1, 0.15) is 0 Å². The molecule has 0 aromatic heterocycles. The Balaban J connectivity index is 0. The highest BCUT2D eigenvalue weighted by atomic mass is 16.4. The van der Waals surface area contributed by atoms with Gasteiger partial charge in [-0.2, -0.15) is 0 Å². The van der Waals surface area contributed by atoms with Crippen molar-refractivity contribution in [2.45, 2.75) is 0 Å². The molecular formula is C10H22N2O7. The molecule has 0 aliphatic heterocycles. The minimum Gasteiger partial charge on any atom is -0.480 e. The van der Waals surface area contributed by atoms with Crippen LogP contribution in [0.4, 0.5) is 0 Å². The minimum atomic E-state index is -0.952. The quantitative estimate of drug-likeness (QED) is 0.230. The molecule has 0 atom stereocenters. The van der Waals surface area contributed by atoms with E-state index < -0.39 is 11.9 Å². The Kier molecular flexibility index (Phi) is 15.6. The monoisotopic (exact) mass is 282 g/mol. The van der Waals surface area contributed by atoms with E-state index in [0.717, 1.165) is 0 Å². The summed E-state index contributed by atoms with van der Waals surface area (Å²) in [7, 11) is 0. The number of nitrogens with one attached hydrogen (secondary N) is 1. The summed E-state index contributed by atoms with van der Waals surface area (Å²) in [6.07, 6.45) is 0. The smallest absolute Gasteiger partial charge is 0.317 e. The van der Waals surface area contributed by atoms with Gasteiger partial charge in [-0.15, -0.1) is 0 Å². The van der Waals surface area contributed by atoms with E-state index in [-0.39, 0.29) is 46.0 Å². The Labute approximate surface area is 111 Å². The number of carboxylic acids is 2. The minimum absolute atomic E-state index is 0.0206. The van der Waals surface area contributed by atoms with Gasteiger partial charge < -0.3 is 30.8 Å². The van der Waals surface area contributed by atoms with Crippen LogP contribution in [0.5, 0.6) is 0 Å². The molecule has 0 rings (SSSR count). The third-order valence-corrected chi connectivity index (χ3v) is 1.76. The lowest BCUT2D eigenvalue weighted by atomic mass is 10.4. The lowest BCUT2D eigenvalue weighted by Gasteiger charge is -2.16. The van der Waals surface area contributed by atoms with Crippen LogP contribution in [0.25, 0.3) is 0 Å². The van der Waals surface area contributed by atoms with Crippen LogP contribution in [0.2, 0.25) is 0 Å². The molecule has 0 radical (unpaired) electrons. The van der Waals surface area contributed by atoms with Gasteiger partial charge in [0.1, 0.15) is 0 Å². The van der Waals surface area contributed by atoms with Crippen LogP contribution in [-0.4, -0.2) is 94.9 Å². The summed E-state index contributed by atoms with van der Waals surface area (Å²) in [5.41, 5.74) is 0. The molecule has 0 fully saturated rings. The fourth-order valence-corrected chi connectivity index (χ4v) is 1.02. The number of hydrogen-bond acceptors (Lipinski definition) is 7. The number of aliphatic hydroxyl groups excluding tert-OH is 3. The maximum Gasteiger partial charge on any atom is 0.317 e. The number of carboxylic acid groups (broad SMARTS) is 2. The van der Waals surface area contributed by atoms with E-state index in [1.54, 1.807) is 0 Å². The molecule has 0 saturated heterocycles. The van der Waals surface area contributed by atoms with Crippen molar-refractivity contribution in [3.8, 4) is 0 Å². The van der Waals surface area contributed by atoms with Gasteiger partial charge in [-0.1, -0.05) is 0 Å². The number of aliphatic carboxylic acids is 2. The van der Waals surface area contributed by atoms with E-state index in [0.29, 0.717) is 6.54 Å². The fourth-order valence-electron chi connectivity index (χ4n) is 1.02. The third kappa shape index (κ3) is 19.3. The van der Waals surface area contributed by atoms with Crippen LogP contribution >= 0.6 is 0 Å². The fraction of sp³-hybridized carbons (Fsp3) is 0.800. The van der Waals surface area contributed by atoms with E-state index in [9.17, 15) is 9.59 Å². The number of nitrogens with zero attached hydrogens (tertiary/aromatic N) is 1. The Bertz CT molecular complexity index is 232. The average Bonchev–Trinajstić information content (AvgIpc) is 2.29. The molecule has 0 saturated carbocycles. The van der Waals surface area contributed by atoms with Gasteiger partial charge in [-0.25, -0.2) is 0 Å². The van der Waals surface area contributed by atoms with Crippen molar-refractivity contribution in [3.05, 3.63) is 0 Å². The van der Waals surface area contributed by atoms with Gasteiger partial charge >= 0.3 is 11.9 Å². The topological polar surface area (TPSA) is 151 Å². The van der Waals surface area contributed by atoms with Gasteiger partial charge in [-0.3, -0.25) is 14.5 Å². The maximum atomic E-state index is 10.2. The maximum absolute atomic E-state index is 10.2. The molecule has 9 nitrogen and oxygen atoms in total. The Hall–Kier alpha value is -1.26. The first-order valence-corrected chi connectivity index (χ1v) is 5.67. The zero-order chi connectivity index (χ0) is 15.1. The molecule has 19 heavy (non-hydrogen) atoms. The summed E-state index contributed by atoms with van der Waals surface area (Å²) < 4.78 is 0. The van der Waals surface area contributed by atoms with Crippen LogP contribution < -0.4 is 5.32 Å². The van der Waals surface area contributed by atoms with Crippen molar-refractivity contribution in [3.63, 3.8) is 0 Å². The van der Waals surface area contributed by atoms with Gasteiger partial charge in [0.2, 0.25) is 0 Å². The molecule has 0 amide bonds. The highest BCUT2D eigenvalue weighted by molar-refractivity contribution is 5.69. The molecule has 0 unspecified atom stereocenters. The highest BCUT2D eigenvalue weighted by Crippen LogP contribution is 1.85. The molecule has 0 heterocycles. The largest absolute Gasteiger partial charge is 0.480 e. The summed E-state index contributed by atoms with van der Waals surface area (Å²) >= 11 is 0. The van der Waals surface area contributed by atoms with Gasteiger partial charge in [0.25, 0.3) is 0 Å². The Morgan fingerprint density at radius 1 is 0.895 bits per heavy atom. The first kappa shape index (κ1) is 20.1. The molecule has 0 aromatic rings. The third-order valence-electron chi connectivity index (χ3n) is 1.76. The molecule has 0 aliphatic rings. The number of carbonyl (C=O) groups is 2. The molecule has 6 N–H and O–H groups in total. The molecule has 0 bridgehead atoms. The van der Waals surface area contributed by atoms with Gasteiger partial charge in [0.15, 0.2) is 0 Å². The van der Waals surface area contributed by atoms with Crippen LogP contribution in [0, 0.1) is 0 Å². The van der Waals surface area contributed by atoms with E-state index >= 15 is 0 Å². The van der Waals surface area contributed by atoms with E-state index in [4.69, 9.17) is 25.5 Å². The van der Waals surface area contributed by atoms with Crippen LogP contribution in [-0.2, 0) is 9.59 Å². The van der Waals surface area contributed by atoms with Gasteiger partial charge in [0.05, 0.1) is 32.9 Å². The van der Waals surface area contributed by atoms with E-state index in [2.05, 4.69) is 5.32 Å². The second-order valence-corrected chi connectivity index (χ2v) is 3.41. The van der Waals surface area contributed by atoms with Crippen molar-refractivity contribution in [1.29, 1.82) is 0 Å². The van der Waals surface area contributed by atoms with Crippen molar-refractivity contribution in [2.75, 3.05) is 52.5 Å². The second kappa shape index (κ2) is 14.8. The summed E-state index contributed by atoms with van der Waals surface area (Å²) in [5.74, 6) is -1.86. The Morgan fingerprint density at radius 3 is 1.74 bits per heavy atom. The lowest BCUT2D eigenvalue weighted by Crippen LogP contribution is -2.34. The molecule has 9 heteroatoms. The molecule has 0 aliphatic carbocycles. The van der Waals surface area contributed by atoms with Crippen molar-refractivity contribution < 1.29 is 35.1 Å². The summed E-state index contributed by atoms with van der Waals surface area (Å²) in [5, 5.41) is 43.9. The molecule has 114 valence electrons. The normalized spacial score (nSPS) is 9.89. The number of hydrogen-bond donors (Lipinski definition) is 6. The molecular weight excluding hydrogens is 260 g/mol. The van der Waals surface area contributed by atoms with Crippen LogP contribution in [0.15, 0.2) is 0 Å². The van der Waals surface area contributed by atoms with Crippen molar-refractivity contribution in [1.82, 2.24) is 10.2 Å². The number of rotatable bonds is 10. The SMILES string of the molecule is O=C(O)CN(CCO)CCO.O=C(O)CNCCO. The predicted molar refractivity (Wildman–Crippen MR) is 65.8 cm³/mol. The second-order valence-electron chi connectivity index (χ2n) is 3.41. The van der Waals surface area contributed by atoms with E-state index in [1.807, 2.05) is 0 Å². The van der Waals surface area contributed by atoms with Crippen molar-refractivity contribution >= 4 is 11.9 Å². The van der Waals surface area contributed by atoms with E-state index in [1.165, 1.54) is 4.90 Å². The number of aliphatic hydroxyl groups is 3. The highest BCUT2D eigenvalue weighted by Gasteiger charge is 2.06. The van der Waals surface area contributed by atoms with Crippen LogP contribution in [0.3, 0.4) is 0 Å². The summed E-state index contributed by atoms with van der Waals surface area (Å²) in [6.45, 7) is 0.488. The Morgan fingerprint density at radius 2 is 1.42 bits per heavy atom.